The first-order chi connectivity index (χ1) is 17.7. The van der Waals surface area contributed by atoms with Gasteiger partial charge in [0.1, 0.15) is 18.2 Å². The van der Waals surface area contributed by atoms with Crippen molar-refractivity contribution in [1.29, 1.82) is 0 Å². The first-order valence-electron chi connectivity index (χ1n) is 11.8. The molecule has 37 heavy (non-hydrogen) atoms. The van der Waals surface area contributed by atoms with Gasteiger partial charge in [-0.25, -0.2) is 8.78 Å². The number of rotatable bonds is 9. The molecular weight excluding hydrogens is 504 g/mol. The number of ether oxygens (including phenoxy) is 1. The lowest BCUT2D eigenvalue weighted by Gasteiger charge is -2.24. The Morgan fingerprint density at radius 3 is 2.76 bits per heavy atom. The van der Waals surface area contributed by atoms with Crippen LogP contribution in [0.1, 0.15) is 28.4 Å². The van der Waals surface area contributed by atoms with E-state index in [1.807, 2.05) is 0 Å². The summed E-state index contributed by atoms with van der Waals surface area (Å²) in [5, 5.41) is 7.22. The maximum atomic E-state index is 14.0. The molecule has 1 aliphatic rings. The number of nitrogens with one attached hydrogen (secondary N) is 1. The SMILES string of the molecule is CN(C)C(=O)COC[C@@H]1C[C@H](n2cc(NC(=O)c3cccc(F)c3)cn2)CN1Cc1ccc(Cl)c(F)c1. The second-order valence-electron chi connectivity index (χ2n) is 9.20. The maximum absolute atomic E-state index is 14.0. The number of likely N-dealkylation sites (tertiary alicyclic amines) is 1. The third kappa shape index (κ3) is 6.91. The zero-order valence-electron chi connectivity index (χ0n) is 20.5. The summed E-state index contributed by atoms with van der Waals surface area (Å²) in [6.45, 7) is 1.34. The largest absolute Gasteiger partial charge is 0.370 e. The Morgan fingerprint density at radius 2 is 2.03 bits per heavy atom. The molecule has 1 aliphatic heterocycles. The fourth-order valence-corrected chi connectivity index (χ4v) is 4.35. The van der Waals surface area contributed by atoms with Gasteiger partial charge in [0, 0.05) is 45.0 Å². The number of carbonyl (C=O) groups is 2. The molecule has 11 heteroatoms. The summed E-state index contributed by atoms with van der Waals surface area (Å²) in [4.78, 5) is 28.0. The van der Waals surface area contributed by atoms with Crippen molar-refractivity contribution >= 4 is 29.1 Å². The average molecular weight is 532 g/mol. The number of halogens is 3. The van der Waals surface area contributed by atoms with E-state index in [1.165, 1.54) is 47.5 Å². The van der Waals surface area contributed by atoms with Crippen LogP contribution in [0.15, 0.2) is 54.9 Å². The lowest BCUT2D eigenvalue weighted by molar-refractivity contribution is -0.134. The summed E-state index contributed by atoms with van der Waals surface area (Å²) < 4.78 is 35.0. The molecule has 3 aromatic rings. The van der Waals surface area contributed by atoms with Crippen molar-refractivity contribution in [2.24, 2.45) is 0 Å². The van der Waals surface area contributed by atoms with Crippen molar-refractivity contribution in [3.63, 3.8) is 0 Å². The second kappa shape index (κ2) is 11.8. The van der Waals surface area contributed by atoms with Crippen LogP contribution in [0.2, 0.25) is 5.02 Å². The van der Waals surface area contributed by atoms with Crippen molar-refractivity contribution in [3.05, 3.63) is 82.6 Å². The fraction of sp³-hybridized carbons (Fsp3) is 0.346. The minimum Gasteiger partial charge on any atom is -0.370 e. The third-order valence-corrected chi connectivity index (χ3v) is 6.54. The topological polar surface area (TPSA) is 79.7 Å². The lowest BCUT2D eigenvalue weighted by atomic mass is 10.1. The van der Waals surface area contributed by atoms with Gasteiger partial charge in [-0.1, -0.05) is 23.7 Å². The van der Waals surface area contributed by atoms with E-state index in [0.29, 0.717) is 31.8 Å². The molecule has 196 valence electrons. The molecule has 1 saturated heterocycles. The Labute approximate surface area is 218 Å². The molecule has 0 saturated carbocycles. The number of likely N-dealkylation sites (N-methyl/N-ethyl adjacent to an activating group) is 1. The smallest absolute Gasteiger partial charge is 0.255 e. The number of anilines is 1. The predicted molar refractivity (Wildman–Crippen MR) is 135 cm³/mol. The van der Waals surface area contributed by atoms with Crippen LogP contribution in [-0.4, -0.2) is 71.3 Å². The van der Waals surface area contributed by atoms with E-state index in [1.54, 1.807) is 31.0 Å². The minimum absolute atomic E-state index is 0.0321. The molecule has 1 aromatic heterocycles. The van der Waals surface area contributed by atoms with E-state index in [9.17, 15) is 18.4 Å². The lowest BCUT2D eigenvalue weighted by Crippen LogP contribution is -2.34. The van der Waals surface area contributed by atoms with Gasteiger partial charge in [-0.2, -0.15) is 5.10 Å². The highest BCUT2D eigenvalue weighted by atomic mass is 35.5. The summed E-state index contributed by atoms with van der Waals surface area (Å²) in [6.07, 6.45) is 3.93. The van der Waals surface area contributed by atoms with Crippen LogP contribution in [0, 0.1) is 11.6 Å². The zero-order chi connectivity index (χ0) is 26.5. The number of aromatic nitrogens is 2. The van der Waals surface area contributed by atoms with Crippen LogP contribution in [0.5, 0.6) is 0 Å². The number of benzene rings is 2. The van der Waals surface area contributed by atoms with Gasteiger partial charge in [0.25, 0.3) is 5.91 Å². The quantitative estimate of drug-likeness (QED) is 0.452. The molecular formula is C26H28ClF2N5O3. The first-order valence-corrected chi connectivity index (χ1v) is 12.1. The second-order valence-corrected chi connectivity index (χ2v) is 9.61. The normalized spacial score (nSPS) is 17.6. The molecule has 0 aliphatic carbocycles. The summed E-state index contributed by atoms with van der Waals surface area (Å²) >= 11 is 5.83. The predicted octanol–water partition coefficient (Wildman–Crippen LogP) is 3.99. The van der Waals surface area contributed by atoms with E-state index in [4.69, 9.17) is 16.3 Å². The molecule has 4 rings (SSSR count). The average Bonchev–Trinajstić information content (AvgIpc) is 3.48. The highest BCUT2D eigenvalue weighted by Crippen LogP contribution is 2.30. The fourth-order valence-electron chi connectivity index (χ4n) is 4.24. The molecule has 0 radical (unpaired) electrons. The number of hydrogen-bond acceptors (Lipinski definition) is 5. The molecule has 0 bridgehead atoms. The summed E-state index contributed by atoms with van der Waals surface area (Å²) in [7, 11) is 3.34. The highest BCUT2D eigenvalue weighted by Gasteiger charge is 2.34. The Bertz CT molecular complexity index is 1270. The highest BCUT2D eigenvalue weighted by molar-refractivity contribution is 6.30. The summed E-state index contributed by atoms with van der Waals surface area (Å²) in [6, 6.07) is 10.1. The summed E-state index contributed by atoms with van der Waals surface area (Å²) in [5.74, 6) is -1.54. The van der Waals surface area contributed by atoms with Gasteiger partial charge in [-0.3, -0.25) is 19.2 Å². The van der Waals surface area contributed by atoms with Gasteiger partial charge >= 0.3 is 0 Å². The Kier molecular flexibility index (Phi) is 8.52. The zero-order valence-corrected chi connectivity index (χ0v) is 21.3. The van der Waals surface area contributed by atoms with Crippen molar-refractivity contribution in [3.8, 4) is 0 Å². The van der Waals surface area contributed by atoms with Crippen LogP contribution in [-0.2, 0) is 16.1 Å². The van der Waals surface area contributed by atoms with Gasteiger partial charge in [0.05, 0.1) is 29.6 Å². The van der Waals surface area contributed by atoms with Crippen LogP contribution in [0.4, 0.5) is 14.5 Å². The van der Waals surface area contributed by atoms with Crippen LogP contribution in [0.25, 0.3) is 0 Å². The van der Waals surface area contributed by atoms with Gasteiger partial charge in [-0.05, 0) is 42.3 Å². The van der Waals surface area contributed by atoms with Crippen molar-refractivity contribution < 1.29 is 23.1 Å². The number of carbonyl (C=O) groups excluding carboxylic acids is 2. The Hall–Kier alpha value is -3.34. The van der Waals surface area contributed by atoms with E-state index in [-0.39, 0.29) is 35.2 Å². The van der Waals surface area contributed by atoms with Gasteiger partial charge in [0.2, 0.25) is 5.91 Å². The van der Waals surface area contributed by atoms with Crippen LogP contribution < -0.4 is 5.32 Å². The molecule has 1 N–H and O–H groups in total. The molecule has 2 atom stereocenters. The first kappa shape index (κ1) is 26.7. The Morgan fingerprint density at radius 1 is 1.22 bits per heavy atom. The van der Waals surface area contributed by atoms with Crippen LogP contribution >= 0.6 is 11.6 Å². The standard InChI is InChI=1S/C26H28ClF2N5O3/c1-32(2)25(35)16-37-15-22-10-21(14-33(22)12-17-6-7-23(27)24(29)8-17)34-13-20(11-30-34)31-26(36)18-4-3-5-19(28)9-18/h3-9,11,13,21-22H,10,12,14-16H2,1-2H3,(H,31,36)/t21-,22-/m0/s1. The molecule has 2 amide bonds. The number of amides is 2. The molecule has 0 unspecified atom stereocenters. The monoisotopic (exact) mass is 531 g/mol. The van der Waals surface area contributed by atoms with E-state index in [0.717, 1.165) is 5.56 Å². The molecule has 2 heterocycles. The molecule has 0 spiro atoms. The van der Waals surface area contributed by atoms with Gasteiger partial charge < -0.3 is 15.0 Å². The van der Waals surface area contributed by atoms with Gasteiger partial charge in [0.15, 0.2) is 0 Å². The van der Waals surface area contributed by atoms with Gasteiger partial charge in [-0.15, -0.1) is 0 Å². The van der Waals surface area contributed by atoms with Crippen molar-refractivity contribution in [2.75, 3.05) is 39.2 Å². The van der Waals surface area contributed by atoms with Crippen molar-refractivity contribution in [2.45, 2.75) is 25.0 Å². The maximum Gasteiger partial charge on any atom is 0.255 e. The van der Waals surface area contributed by atoms with E-state index >= 15 is 0 Å². The van der Waals surface area contributed by atoms with E-state index in [2.05, 4.69) is 15.3 Å². The van der Waals surface area contributed by atoms with E-state index < -0.39 is 17.5 Å². The number of hydrogen-bond donors (Lipinski definition) is 1. The van der Waals surface area contributed by atoms with Crippen LogP contribution in [0.3, 0.4) is 0 Å². The third-order valence-electron chi connectivity index (χ3n) is 6.23. The summed E-state index contributed by atoms with van der Waals surface area (Å²) in [5.41, 5.74) is 1.46. The Balaban J connectivity index is 1.44. The molecule has 1 fully saturated rings. The molecule has 8 nitrogen and oxygen atoms in total. The molecule has 2 aromatic carbocycles. The number of nitrogens with zero attached hydrogens (tertiary/aromatic N) is 4. The van der Waals surface area contributed by atoms with Crippen molar-refractivity contribution in [1.82, 2.24) is 19.6 Å². The minimum atomic E-state index is -0.490.